The molecule has 3 rings (SSSR count). The van der Waals surface area contributed by atoms with E-state index in [9.17, 15) is 0 Å². The van der Waals surface area contributed by atoms with E-state index in [0.29, 0.717) is 22.1 Å². The predicted molar refractivity (Wildman–Crippen MR) is 85.6 cm³/mol. The topological polar surface area (TPSA) is 15.3 Å². The third-order valence-electron chi connectivity index (χ3n) is 4.52. The van der Waals surface area contributed by atoms with Crippen molar-refractivity contribution >= 4 is 23.2 Å². The van der Waals surface area contributed by atoms with Gasteiger partial charge in [0.1, 0.15) is 0 Å². The Kier molecular flexibility index (Phi) is 4.56. The van der Waals surface area contributed by atoms with E-state index in [0.717, 1.165) is 6.04 Å². The fourth-order valence-corrected chi connectivity index (χ4v) is 3.41. The van der Waals surface area contributed by atoms with E-state index in [4.69, 9.17) is 23.2 Å². The van der Waals surface area contributed by atoms with Crippen LogP contribution in [0.5, 0.6) is 0 Å². The zero-order valence-electron chi connectivity index (χ0n) is 11.9. The number of hydrogen-bond donors (Lipinski definition) is 1. The molecule has 0 bridgehead atoms. The van der Waals surface area contributed by atoms with Crippen molar-refractivity contribution < 1.29 is 0 Å². The highest BCUT2D eigenvalue weighted by Crippen LogP contribution is 2.30. The SMILES string of the molecule is CC(NC1CCN(C2CC2)CC1)c1ccc(Cl)c(Cl)c1. The van der Waals surface area contributed by atoms with Crippen molar-refractivity contribution in [1.29, 1.82) is 0 Å². The third-order valence-corrected chi connectivity index (χ3v) is 5.26. The normalized spacial score (nSPS) is 22.9. The van der Waals surface area contributed by atoms with E-state index in [1.807, 2.05) is 12.1 Å². The molecule has 0 amide bonds. The molecule has 2 fully saturated rings. The first-order chi connectivity index (χ1) is 9.63. The Hall–Kier alpha value is -0.280. The average molecular weight is 313 g/mol. The monoisotopic (exact) mass is 312 g/mol. The van der Waals surface area contributed by atoms with Gasteiger partial charge in [0.05, 0.1) is 10.0 Å². The highest BCUT2D eigenvalue weighted by molar-refractivity contribution is 6.42. The van der Waals surface area contributed by atoms with Crippen LogP contribution in [0, 0.1) is 0 Å². The summed E-state index contributed by atoms with van der Waals surface area (Å²) < 4.78 is 0. The Balaban J connectivity index is 1.53. The molecule has 20 heavy (non-hydrogen) atoms. The minimum atomic E-state index is 0.322. The van der Waals surface area contributed by atoms with Crippen molar-refractivity contribution in [2.24, 2.45) is 0 Å². The van der Waals surface area contributed by atoms with E-state index >= 15 is 0 Å². The smallest absolute Gasteiger partial charge is 0.0595 e. The summed E-state index contributed by atoms with van der Waals surface area (Å²) in [6.45, 7) is 4.69. The van der Waals surface area contributed by atoms with Gasteiger partial charge in [-0.25, -0.2) is 0 Å². The lowest BCUT2D eigenvalue weighted by molar-refractivity contribution is 0.184. The van der Waals surface area contributed by atoms with Crippen molar-refractivity contribution in [2.45, 2.75) is 50.7 Å². The quantitative estimate of drug-likeness (QED) is 0.893. The molecule has 0 radical (unpaired) electrons. The van der Waals surface area contributed by atoms with E-state index in [2.05, 4.69) is 23.2 Å². The maximum Gasteiger partial charge on any atom is 0.0595 e. The van der Waals surface area contributed by atoms with Gasteiger partial charge in [-0.3, -0.25) is 0 Å². The van der Waals surface area contributed by atoms with Crippen molar-refractivity contribution in [3.63, 3.8) is 0 Å². The molecular weight excluding hydrogens is 291 g/mol. The summed E-state index contributed by atoms with van der Waals surface area (Å²) in [5, 5.41) is 5.00. The van der Waals surface area contributed by atoms with Crippen LogP contribution in [0.15, 0.2) is 18.2 Å². The molecule has 0 spiro atoms. The number of nitrogens with one attached hydrogen (secondary N) is 1. The summed E-state index contributed by atoms with van der Waals surface area (Å²) >= 11 is 12.1. The molecule has 1 saturated heterocycles. The lowest BCUT2D eigenvalue weighted by Gasteiger charge is -2.34. The molecule has 1 heterocycles. The summed E-state index contributed by atoms with van der Waals surface area (Å²) in [6.07, 6.45) is 5.33. The van der Waals surface area contributed by atoms with Gasteiger partial charge in [0.2, 0.25) is 0 Å². The summed E-state index contributed by atoms with van der Waals surface area (Å²) in [5.41, 5.74) is 1.21. The molecule has 1 aliphatic heterocycles. The maximum atomic E-state index is 6.10. The number of rotatable bonds is 4. The number of likely N-dealkylation sites (tertiary alicyclic amines) is 1. The predicted octanol–water partition coefficient (Wildman–Crippen LogP) is 4.27. The Morgan fingerprint density at radius 2 is 1.80 bits per heavy atom. The van der Waals surface area contributed by atoms with E-state index in [1.165, 1.54) is 44.3 Å². The second-order valence-corrected chi connectivity index (χ2v) is 6.92. The molecule has 1 atom stereocenters. The zero-order chi connectivity index (χ0) is 14.1. The number of benzene rings is 1. The number of nitrogens with zero attached hydrogens (tertiary/aromatic N) is 1. The van der Waals surface area contributed by atoms with Gasteiger partial charge in [0.15, 0.2) is 0 Å². The first-order valence-corrected chi connectivity index (χ1v) is 8.34. The maximum absolute atomic E-state index is 6.10. The van der Waals surface area contributed by atoms with Crippen LogP contribution in [-0.4, -0.2) is 30.1 Å². The minimum absolute atomic E-state index is 0.322. The molecule has 4 heteroatoms. The fourth-order valence-electron chi connectivity index (χ4n) is 3.10. The molecule has 1 aromatic carbocycles. The zero-order valence-corrected chi connectivity index (χ0v) is 13.4. The Morgan fingerprint density at radius 1 is 1.10 bits per heavy atom. The van der Waals surface area contributed by atoms with Crippen LogP contribution >= 0.6 is 23.2 Å². The molecule has 1 aromatic rings. The molecule has 2 nitrogen and oxygen atoms in total. The molecule has 0 aromatic heterocycles. The average Bonchev–Trinajstić information content (AvgIpc) is 3.27. The second kappa shape index (κ2) is 6.23. The van der Waals surface area contributed by atoms with E-state index in [-0.39, 0.29) is 0 Å². The van der Waals surface area contributed by atoms with Crippen LogP contribution in [-0.2, 0) is 0 Å². The molecule has 1 saturated carbocycles. The molecule has 110 valence electrons. The lowest BCUT2D eigenvalue weighted by atomic mass is 10.0. The number of hydrogen-bond acceptors (Lipinski definition) is 2. The molecule has 1 aliphatic carbocycles. The molecule has 1 unspecified atom stereocenters. The van der Waals surface area contributed by atoms with Crippen molar-refractivity contribution in [2.75, 3.05) is 13.1 Å². The Labute approximate surface area is 131 Å². The van der Waals surface area contributed by atoms with Crippen LogP contribution in [0.4, 0.5) is 0 Å². The lowest BCUT2D eigenvalue weighted by Crippen LogP contribution is -2.44. The van der Waals surface area contributed by atoms with Gasteiger partial charge in [0, 0.05) is 18.1 Å². The number of piperidine rings is 1. The summed E-state index contributed by atoms with van der Waals surface area (Å²) in [4.78, 5) is 2.65. The van der Waals surface area contributed by atoms with Crippen LogP contribution in [0.3, 0.4) is 0 Å². The first-order valence-electron chi connectivity index (χ1n) is 7.58. The van der Waals surface area contributed by atoms with Crippen LogP contribution < -0.4 is 5.32 Å². The van der Waals surface area contributed by atoms with Gasteiger partial charge in [-0.05, 0) is 63.4 Å². The third kappa shape index (κ3) is 3.48. The van der Waals surface area contributed by atoms with Crippen molar-refractivity contribution in [1.82, 2.24) is 10.2 Å². The highest BCUT2D eigenvalue weighted by Gasteiger charge is 2.31. The first kappa shape index (κ1) is 14.6. The van der Waals surface area contributed by atoms with Crippen LogP contribution in [0.1, 0.15) is 44.2 Å². The molecular formula is C16H22Cl2N2. The van der Waals surface area contributed by atoms with Crippen LogP contribution in [0.2, 0.25) is 10.0 Å². The fraction of sp³-hybridized carbons (Fsp3) is 0.625. The Morgan fingerprint density at radius 3 is 2.40 bits per heavy atom. The van der Waals surface area contributed by atoms with Crippen molar-refractivity contribution in [3.8, 4) is 0 Å². The van der Waals surface area contributed by atoms with Gasteiger partial charge in [-0.15, -0.1) is 0 Å². The largest absolute Gasteiger partial charge is 0.307 e. The van der Waals surface area contributed by atoms with Gasteiger partial charge in [0.25, 0.3) is 0 Å². The van der Waals surface area contributed by atoms with Gasteiger partial charge < -0.3 is 10.2 Å². The highest BCUT2D eigenvalue weighted by atomic mass is 35.5. The summed E-state index contributed by atoms with van der Waals surface area (Å²) in [5.74, 6) is 0. The van der Waals surface area contributed by atoms with Gasteiger partial charge in [-0.1, -0.05) is 29.3 Å². The number of halogens is 2. The summed E-state index contributed by atoms with van der Waals surface area (Å²) in [6, 6.07) is 7.76. The van der Waals surface area contributed by atoms with Gasteiger partial charge >= 0.3 is 0 Å². The molecule has 2 aliphatic rings. The summed E-state index contributed by atoms with van der Waals surface area (Å²) in [7, 11) is 0. The van der Waals surface area contributed by atoms with Crippen molar-refractivity contribution in [3.05, 3.63) is 33.8 Å². The second-order valence-electron chi connectivity index (χ2n) is 6.10. The van der Waals surface area contributed by atoms with Gasteiger partial charge in [-0.2, -0.15) is 0 Å². The van der Waals surface area contributed by atoms with E-state index < -0.39 is 0 Å². The standard InChI is InChI=1S/C16H22Cl2N2/c1-11(12-2-5-15(17)16(18)10-12)19-13-6-8-20(9-7-13)14-3-4-14/h2,5,10-11,13-14,19H,3-4,6-9H2,1H3. The van der Waals surface area contributed by atoms with E-state index in [1.54, 1.807) is 0 Å². The molecule has 1 N–H and O–H groups in total. The minimum Gasteiger partial charge on any atom is -0.307 e. The van der Waals surface area contributed by atoms with Crippen LogP contribution in [0.25, 0.3) is 0 Å². The Bertz CT molecular complexity index is 466.